The van der Waals surface area contributed by atoms with Crippen molar-refractivity contribution in [1.29, 1.82) is 0 Å². The molecular weight excluding hydrogens is 420 g/mol. The van der Waals surface area contributed by atoms with Crippen LogP contribution in [0.15, 0.2) is 18.2 Å². The molecule has 2 rings (SSSR count). The first-order valence-electron chi connectivity index (χ1n) is 12.3. The van der Waals surface area contributed by atoms with E-state index in [0.29, 0.717) is 18.9 Å². The Morgan fingerprint density at radius 2 is 1.94 bits per heavy atom. The Labute approximate surface area is 199 Å². The van der Waals surface area contributed by atoms with Gasteiger partial charge in [-0.25, -0.2) is 0 Å². The van der Waals surface area contributed by atoms with Gasteiger partial charge in [0.05, 0.1) is 24.3 Å². The highest BCUT2D eigenvalue weighted by Gasteiger charge is 2.29. The summed E-state index contributed by atoms with van der Waals surface area (Å²) in [5, 5.41) is 20.1. The first kappa shape index (κ1) is 27.4. The van der Waals surface area contributed by atoms with Gasteiger partial charge in [0.15, 0.2) is 0 Å². The maximum Gasteiger partial charge on any atom is 0.306 e. The number of hydrogen-bond acceptors (Lipinski definition) is 6. The minimum absolute atomic E-state index is 0.0465. The van der Waals surface area contributed by atoms with Crippen molar-refractivity contribution in [3.05, 3.63) is 23.8 Å². The van der Waals surface area contributed by atoms with Crippen LogP contribution >= 0.6 is 0 Å². The first-order chi connectivity index (χ1) is 15.6. The topological polar surface area (TPSA) is 105 Å². The molecule has 188 valence electrons. The standard InChI is InChI=1S/C26H44N2O5/c1-17(2)20(15-22(27)24(29)16-21(18(3)4)26(30)31)13-19-7-8-25-23(14-19)28(10-12-33-25)9-6-11-32-5/h7-8,14,17-18,20-22,24,29H,6,9-13,15-16,27H2,1-5H3,(H,30,31)/t20-,21-,22-,24-/m0/s1. The number of fused-ring (bicyclic) bond motifs is 1. The van der Waals surface area contributed by atoms with Crippen LogP contribution < -0.4 is 15.4 Å². The van der Waals surface area contributed by atoms with Gasteiger partial charge in [-0.15, -0.1) is 0 Å². The van der Waals surface area contributed by atoms with Crippen LogP contribution in [0.4, 0.5) is 5.69 Å². The molecule has 0 aliphatic carbocycles. The average Bonchev–Trinajstić information content (AvgIpc) is 2.76. The highest BCUT2D eigenvalue weighted by Crippen LogP contribution is 2.34. The molecule has 0 spiro atoms. The second-order valence-corrected chi connectivity index (χ2v) is 10.1. The molecule has 1 aromatic rings. The van der Waals surface area contributed by atoms with E-state index in [1.54, 1.807) is 7.11 Å². The minimum atomic E-state index is -0.872. The van der Waals surface area contributed by atoms with Crippen LogP contribution in [0.3, 0.4) is 0 Å². The van der Waals surface area contributed by atoms with Crippen molar-refractivity contribution in [1.82, 2.24) is 0 Å². The molecule has 7 heteroatoms. The molecule has 1 heterocycles. The maximum absolute atomic E-state index is 11.5. The molecule has 33 heavy (non-hydrogen) atoms. The largest absolute Gasteiger partial charge is 0.490 e. The zero-order valence-electron chi connectivity index (χ0n) is 21.0. The molecule has 7 nitrogen and oxygen atoms in total. The van der Waals surface area contributed by atoms with Gasteiger partial charge in [-0.3, -0.25) is 4.79 Å². The van der Waals surface area contributed by atoms with Gasteiger partial charge in [-0.2, -0.15) is 0 Å². The van der Waals surface area contributed by atoms with Crippen molar-refractivity contribution >= 4 is 11.7 Å². The number of aliphatic hydroxyl groups excluding tert-OH is 1. The van der Waals surface area contributed by atoms with Gasteiger partial charge in [-0.05, 0) is 61.1 Å². The highest BCUT2D eigenvalue weighted by molar-refractivity contribution is 5.70. The van der Waals surface area contributed by atoms with Crippen molar-refractivity contribution in [2.45, 2.75) is 65.5 Å². The number of carboxylic acid groups (broad SMARTS) is 1. The SMILES string of the molecule is COCCCN1CCOc2ccc(C[C@@H](C[C@H](N)[C@@H](O)C[C@H](C(=O)O)C(C)C)C(C)C)cc21. The zero-order valence-corrected chi connectivity index (χ0v) is 21.0. The monoisotopic (exact) mass is 464 g/mol. The number of rotatable bonds is 14. The van der Waals surface area contributed by atoms with E-state index < -0.39 is 24.0 Å². The van der Waals surface area contributed by atoms with Crippen molar-refractivity contribution < 1.29 is 24.5 Å². The second-order valence-electron chi connectivity index (χ2n) is 10.1. The van der Waals surface area contributed by atoms with Crippen LogP contribution in [0.2, 0.25) is 0 Å². The van der Waals surface area contributed by atoms with E-state index in [-0.39, 0.29) is 18.3 Å². The van der Waals surface area contributed by atoms with Crippen molar-refractivity contribution in [3.8, 4) is 5.75 Å². The predicted molar refractivity (Wildman–Crippen MR) is 132 cm³/mol. The van der Waals surface area contributed by atoms with E-state index in [0.717, 1.165) is 44.0 Å². The summed E-state index contributed by atoms with van der Waals surface area (Å²) in [6.45, 7) is 11.3. The molecule has 0 saturated carbocycles. The molecule has 0 fully saturated rings. The van der Waals surface area contributed by atoms with Gasteiger partial charge in [0.25, 0.3) is 0 Å². The van der Waals surface area contributed by atoms with Crippen molar-refractivity contribution in [2.24, 2.45) is 29.4 Å². The summed E-state index contributed by atoms with van der Waals surface area (Å²) in [7, 11) is 1.73. The van der Waals surface area contributed by atoms with Crippen LogP contribution in [0.5, 0.6) is 5.75 Å². The van der Waals surface area contributed by atoms with Crippen molar-refractivity contribution in [2.75, 3.05) is 38.3 Å². The first-order valence-corrected chi connectivity index (χ1v) is 12.3. The quantitative estimate of drug-likeness (QED) is 0.362. The van der Waals surface area contributed by atoms with Crippen LogP contribution in [-0.2, 0) is 16.0 Å². The van der Waals surface area contributed by atoms with E-state index in [4.69, 9.17) is 15.2 Å². The summed E-state index contributed by atoms with van der Waals surface area (Å²) in [4.78, 5) is 13.9. The van der Waals surface area contributed by atoms with E-state index in [9.17, 15) is 15.0 Å². The Kier molecular flexibility index (Phi) is 10.9. The third-order valence-corrected chi connectivity index (χ3v) is 6.89. The third-order valence-electron chi connectivity index (χ3n) is 6.89. The normalized spacial score (nSPS) is 17.4. The van der Waals surface area contributed by atoms with Crippen molar-refractivity contribution in [3.63, 3.8) is 0 Å². The Morgan fingerprint density at radius 3 is 2.55 bits per heavy atom. The fraction of sp³-hybridized carbons (Fsp3) is 0.731. The van der Waals surface area contributed by atoms with E-state index in [2.05, 4.69) is 36.9 Å². The van der Waals surface area contributed by atoms with E-state index >= 15 is 0 Å². The van der Waals surface area contributed by atoms with Gasteiger partial charge >= 0.3 is 5.97 Å². The van der Waals surface area contributed by atoms with Crippen LogP contribution in [0.1, 0.15) is 52.5 Å². The Bertz CT molecular complexity index is 739. The van der Waals surface area contributed by atoms with Crippen LogP contribution in [-0.4, -0.2) is 61.7 Å². The third kappa shape index (κ3) is 8.16. The van der Waals surface area contributed by atoms with Gasteiger partial charge in [0.1, 0.15) is 12.4 Å². The van der Waals surface area contributed by atoms with Gasteiger partial charge < -0.3 is 30.3 Å². The summed E-state index contributed by atoms with van der Waals surface area (Å²) >= 11 is 0. The molecule has 0 saturated heterocycles. The molecule has 1 aromatic carbocycles. The number of aliphatic hydroxyl groups is 1. The summed E-state index contributed by atoms with van der Waals surface area (Å²) in [6, 6.07) is 5.94. The predicted octanol–water partition coefficient (Wildman–Crippen LogP) is 3.56. The molecule has 0 amide bonds. The number of methoxy groups -OCH3 is 1. The molecule has 4 atom stereocenters. The fourth-order valence-corrected chi connectivity index (χ4v) is 4.57. The summed E-state index contributed by atoms with van der Waals surface area (Å²) in [6.07, 6.45) is 1.82. The van der Waals surface area contributed by atoms with E-state index in [1.165, 1.54) is 5.56 Å². The summed E-state index contributed by atoms with van der Waals surface area (Å²) in [5.41, 5.74) is 8.73. The summed E-state index contributed by atoms with van der Waals surface area (Å²) in [5.74, 6) is 0.0743. The van der Waals surface area contributed by atoms with Crippen LogP contribution in [0, 0.1) is 23.7 Å². The van der Waals surface area contributed by atoms with Gasteiger partial charge in [-0.1, -0.05) is 33.8 Å². The zero-order chi connectivity index (χ0) is 24.5. The molecule has 0 bridgehead atoms. The number of nitrogens with zero attached hydrogens (tertiary/aromatic N) is 1. The number of anilines is 1. The number of ether oxygens (including phenoxy) is 2. The maximum atomic E-state index is 11.5. The van der Waals surface area contributed by atoms with Crippen LogP contribution in [0.25, 0.3) is 0 Å². The number of carboxylic acids is 1. The Hall–Kier alpha value is -1.83. The lowest BCUT2D eigenvalue weighted by atomic mass is 9.81. The number of aliphatic carboxylic acids is 1. The van der Waals surface area contributed by atoms with E-state index in [1.807, 2.05) is 13.8 Å². The number of benzene rings is 1. The lowest BCUT2D eigenvalue weighted by Crippen LogP contribution is -2.40. The van der Waals surface area contributed by atoms with Gasteiger partial charge in [0, 0.05) is 26.3 Å². The fourth-order valence-electron chi connectivity index (χ4n) is 4.57. The smallest absolute Gasteiger partial charge is 0.306 e. The summed E-state index contributed by atoms with van der Waals surface area (Å²) < 4.78 is 11.1. The Balaban J connectivity index is 2.07. The minimum Gasteiger partial charge on any atom is -0.490 e. The second kappa shape index (κ2) is 13.2. The molecule has 4 N–H and O–H groups in total. The lowest BCUT2D eigenvalue weighted by Gasteiger charge is -2.32. The number of carbonyl (C=O) groups is 1. The number of hydrogen-bond donors (Lipinski definition) is 3. The highest BCUT2D eigenvalue weighted by atomic mass is 16.5. The molecule has 1 aliphatic rings. The molecule has 0 radical (unpaired) electrons. The Morgan fingerprint density at radius 1 is 1.21 bits per heavy atom. The average molecular weight is 465 g/mol. The molecule has 0 aromatic heterocycles. The number of nitrogens with two attached hydrogens (primary N) is 1. The molecular formula is C26H44N2O5. The lowest BCUT2D eigenvalue weighted by molar-refractivity contribution is -0.144. The van der Waals surface area contributed by atoms with Gasteiger partial charge in [0.2, 0.25) is 0 Å². The molecule has 1 aliphatic heterocycles. The molecule has 0 unspecified atom stereocenters.